The zero-order chi connectivity index (χ0) is 12.3. The number of nitrogens with two attached hydrogens (primary N) is 1. The summed E-state index contributed by atoms with van der Waals surface area (Å²) in [6.45, 7) is 0.665. The van der Waals surface area contributed by atoms with E-state index >= 15 is 0 Å². The van der Waals surface area contributed by atoms with Crippen molar-refractivity contribution in [2.24, 2.45) is 0 Å². The molecule has 0 spiro atoms. The van der Waals surface area contributed by atoms with Crippen LogP contribution in [0.3, 0.4) is 0 Å². The minimum atomic E-state index is -0.403. The van der Waals surface area contributed by atoms with Crippen LogP contribution < -0.4 is 10.3 Å². The molecule has 1 aromatic heterocycles. The number of nitrogens with zero attached hydrogens (tertiary/aromatic N) is 2. The summed E-state index contributed by atoms with van der Waals surface area (Å²) >= 11 is 0. The fourth-order valence-corrected chi connectivity index (χ4v) is 1.51. The van der Waals surface area contributed by atoms with Gasteiger partial charge in [0.05, 0.1) is 4.92 Å². The van der Waals surface area contributed by atoms with Gasteiger partial charge in [-0.15, -0.1) is 0 Å². The van der Waals surface area contributed by atoms with Gasteiger partial charge in [-0.2, -0.15) is 0 Å². The molecular formula is C12H12N3O2+. The molecule has 1 heterocycles. The second-order valence-corrected chi connectivity index (χ2v) is 3.73. The lowest BCUT2D eigenvalue weighted by Gasteiger charge is -1.98. The lowest BCUT2D eigenvalue weighted by Crippen LogP contribution is -2.33. The molecule has 0 aliphatic carbocycles. The van der Waals surface area contributed by atoms with Crippen LogP contribution in [0.2, 0.25) is 0 Å². The summed E-state index contributed by atoms with van der Waals surface area (Å²) in [6, 6.07) is 10.1. The van der Waals surface area contributed by atoms with Crippen molar-refractivity contribution >= 4 is 11.4 Å². The number of nitrogen functional groups attached to an aromatic ring is 1. The molecule has 0 saturated heterocycles. The normalized spacial score (nSPS) is 10.1. The number of benzene rings is 1. The molecule has 0 fully saturated rings. The summed E-state index contributed by atoms with van der Waals surface area (Å²) in [7, 11) is 0. The van der Waals surface area contributed by atoms with Crippen LogP contribution in [0.25, 0.3) is 0 Å². The van der Waals surface area contributed by atoms with E-state index < -0.39 is 4.92 Å². The Morgan fingerprint density at radius 1 is 1.12 bits per heavy atom. The van der Waals surface area contributed by atoms with Crippen molar-refractivity contribution in [1.29, 1.82) is 0 Å². The quantitative estimate of drug-likeness (QED) is 0.493. The second-order valence-electron chi connectivity index (χ2n) is 3.73. The Balaban J connectivity index is 2.13. The lowest BCUT2D eigenvalue weighted by molar-refractivity contribution is -0.688. The molecule has 0 atom stereocenters. The van der Waals surface area contributed by atoms with Crippen LogP contribution in [-0.2, 0) is 6.54 Å². The third kappa shape index (κ3) is 2.78. The largest absolute Gasteiger partial charge is 0.398 e. The van der Waals surface area contributed by atoms with Gasteiger partial charge in [-0.1, -0.05) is 0 Å². The van der Waals surface area contributed by atoms with Crippen molar-refractivity contribution in [3.05, 3.63) is 64.5 Å². The summed E-state index contributed by atoms with van der Waals surface area (Å²) in [5, 5.41) is 10.5. The highest BCUT2D eigenvalue weighted by Crippen LogP contribution is 2.11. The molecule has 2 N–H and O–H groups in total. The number of rotatable bonds is 3. The van der Waals surface area contributed by atoms with Crippen LogP contribution in [0, 0.1) is 10.1 Å². The summed E-state index contributed by atoms with van der Waals surface area (Å²) < 4.78 is 1.96. The summed E-state index contributed by atoms with van der Waals surface area (Å²) in [6.07, 6.45) is 3.74. The van der Waals surface area contributed by atoms with Gasteiger partial charge in [-0.05, 0) is 12.1 Å². The minimum Gasteiger partial charge on any atom is -0.398 e. The minimum absolute atomic E-state index is 0.107. The highest BCUT2D eigenvalue weighted by molar-refractivity contribution is 5.33. The first-order valence-corrected chi connectivity index (χ1v) is 5.13. The Labute approximate surface area is 98.3 Å². The second kappa shape index (κ2) is 4.61. The van der Waals surface area contributed by atoms with E-state index in [1.807, 2.05) is 29.1 Å². The predicted octanol–water partition coefficient (Wildman–Crippen LogP) is 1.51. The average molecular weight is 230 g/mol. The van der Waals surface area contributed by atoms with Crippen LogP contribution in [0.4, 0.5) is 11.4 Å². The first-order valence-electron chi connectivity index (χ1n) is 5.13. The van der Waals surface area contributed by atoms with Crippen molar-refractivity contribution in [1.82, 2.24) is 0 Å². The van der Waals surface area contributed by atoms with Crippen LogP contribution in [0.1, 0.15) is 5.56 Å². The smallest absolute Gasteiger partial charge is 0.269 e. The van der Waals surface area contributed by atoms with Crippen molar-refractivity contribution < 1.29 is 9.49 Å². The maximum absolute atomic E-state index is 10.5. The van der Waals surface area contributed by atoms with Crippen LogP contribution in [0.5, 0.6) is 0 Å². The fourth-order valence-electron chi connectivity index (χ4n) is 1.51. The Morgan fingerprint density at radius 2 is 1.71 bits per heavy atom. The van der Waals surface area contributed by atoms with E-state index in [-0.39, 0.29) is 5.69 Å². The molecule has 0 aliphatic rings. The number of hydrogen-bond acceptors (Lipinski definition) is 3. The van der Waals surface area contributed by atoms with Crippen LogP contribution in [0.15, 0.2) is 48.8 Å². The van der Waals surface area contributed by atoms with Crippen molar-refractivity contribution in [2.45, 2.75) is 6.54 Å². The van der Waals surface area contributed by atoms with Crippen LogP contribution >= 0.6 is 0 Å². The maximum Gasteiger partial charge on any atom is 0.269 e. The Hall–Kier alpha value is -2.43. The summed E-state index contributed by atoms with van der Waals surface area (Å²) in [5.41, 5.74) is 7.41. The van der Waals surface area contributed by atoms with Gasteiger partial charge in [0.25, 0.3) is 5.69 Å². The summed E-state index contributed by atoms with van der Waals surface area (Å²) in [4.78, 5) is 10.1. The number of hydrogen-bond donors (Lipinski definition) is 1. The standard InChI is InChI=1S/C12H11N3O2/c13-11-5-7-14(8-6-11)9-10-1-3-12(4-2-10)15(16)17/h1-8,13H,9H2/p+1. The van der Waals surface area contributed by atoms with E-state index in [0.717, 1.165) is 5.56 Å². The van der Waals surface area contributed by atoms with E-state index in [1.54, 1.807) is 12.1 Å². The van der Waals surface area contributed by atoms with Gasteiger partial charge in [0.1, 0.15) is 0 Å². The van der Waals surface area contributed by atoms with Crippen molar-refractivity contribution in [2.75, 3.05) is 5.73 Å². The number of aromatic nitrogens is 1. The number of nitro benzene ring substituents is 1. The van der Waals surface area contributed by atoms with Gasteiger partial charge in [0.15, 0.2) is 18.9 Å². The van der Waals surface area contributed by atoms with E-state index in [4.69, 9.17) is 5.73 Å². The third-order valence-electron chi connectivity index (χ3n) is 2.43. The molecule has 86 valence electrons. The number of non-ortho nitro benzene ring substituents is 1. The number of anilines is 1. The molecule has 0 bridgehead atoms. The van der Waals surface area contributed by atoms with E-state index in [9.17, 15) is 10.1 Å². The Bertz CT molecular complexity index is 520. The fraction of sp³-hybridized carbons (Fsp3) is 0.0833. The zero-order valence-electron chi connectivity index (χ0n) is 9.11. The van der Waals surface area contributed by atoms with E-state index in [1.165, 1.54) is 12.1 Å². The first kappa shape index (κ1) is 11.1. The molecular weight excluding hydrogens is 218 g/mol. The molecule has 17 heavy (non-hydrogen) atoms. The first-order chi connectivity index (χ1) is 8.15. The predicted molar refractivity (Wildman–Crippen MR) is 63.2 cm³/mol. The third-order valence-corrected chi connectivity index (χ3v) is 2.43. The number of pyridine rings is 1. The molecule has 5 heteroatoms. The topological polar surface area (TPSA) is 73.0 Å². The van der Waals surface area contributed by atoms with Gasteiger partial charge in [0, 0.05) is 35.5 Å². The molecule has 0 aliphatic heterocycles. The van der Waals surface area contributed by atoms with Crippen molar-refractivity contribution in [3.8, 4) is 0 Å². The molecule has 1 aromatic carbocycles. The highest BCUT2D eigenvalue weighted by Gasteiger charge is 2.06. The lowest BCUT2D eigenvalue weighted by atomic mass is 10.2. The molecule has 0 unspecified atom stereocenters. The average Bonchev–Trinajstić information content (AvgIpc) is 2.33. The zero-order valence-corrected chi connectivity index (χ0v) is 9.11. The van der Waals surface area contributed by atoms with Gasteiger partial charge in [0.2, 0.25) is 0 Å². The number of nitro groups is 1. The molecule has 0 saturated carbocycles. The molecule has 0 amide bonds. The van der Waals surface area contributed by atoms with E-state index in [2.05, 4.69) is 0 Å². The molecule has 0 radical (unpaired) electrons. The molecule has 2 rings (SSSR count). The summed E-state index contributed by atoms with van der Waals surface area (Å²) in [5.74, 6) is 0. The maximum atomic E-state index is 10.5. The molecule has 2 aromatic rings. The van der Waals surface area contributed by atoms with Gasteiger partial charge in [-0.3, -0.25) is 10.1 Å². The van der Waals surface area contributed by atoms with Gasteiger partial charge >= 0.3 is 0 Å². The molecule has 5 nitrogen and oxygen atoms in total. The van der Waals surface area contributed by atoms with Gasteiger partial charge in [-0.25, -0.2) is 4.57 Å². The Kier molecular flexibility index (Phi) is 3.00. The Morgan fingerprint density at radius 3 is 2.24 bits per heavy atom. The van der Waals surface area contributed by atoms with Crippen LogP contribution in [-0.4, -0.2) is 4.92 Å². The van der Waals surface area contributed by atoms with Gasteiger partial charge < -0.3 is 5.73 Å². The highest BCUT2D eigenvalue weighted by atomic mass is 16.6. The van der Waals surface area contributed by atoms with Crippen molar-refractivity contribution in [3.63, 3.8) is 0 Å². The van der Waals surface area contributed by atoms with E-state index in [0.29, 0.717) is 12.2 Å². The monoisotopic (exact) mass is 230 g/mol. The SMILES string of the molecule is Nc1cc[n+](Cc2ccc([N+](=O)[O-])cc2)cc1.